The molecule has 0 radical (unpaired) electrons. The third-order valence-electron chi connectivity index (χ3n) is 2.88. The summed E-state index contributed by atoms with van der Waals surface area (Å²) in [5.41, 5.74) is 0.735. The molecule has 1 N–H and O–H groups in total. The zero-order valence-corrected chi connectivity index (χ0v) is 9.92. The lowest BCUT2D eigenvalue weighted by Gasteiger charge is -1.95. The number of nitro groups is 1. The van der Waals surface area contributed by atoms with E-state index in [0.29, 0.717) is 10.9 Å². The van der Waals surface area contributed by atoms with Crippen molar-refractivity contribution in [1.82, 2.24) is 4.98 Å². The molecule has 3 aromatic rings. The lowest BCUT2D eigenvalue weighted by Crippen LogP contribution is -1.98. The number of halogens is 1. The Labute approximate surface area is 111 Å². The summed E-state index contributed by atoms with van der Waals surface area (Å²) in [7, 11) is 0. The molecule has 0 bridgehead atoms. The summed E-state index contributed by atoms with van der Waals surface area (Å²) < 4.78 is 17.9. The molecular formula is C13H7FN2O4. The molecule has 2 aromatic heterocycles. The van der Waals surface area contributed by atoms with Crippen LogP contribution >= 0.6 is 0 Å². The fourth-order valence-electron chi connectivity index (χ4n) is 1.97. The first-order chi connectivity index (χ1) is 9.56. The zero-order valence-electron chi connectivity index (χ0n) is 9.92. The Morgan fingerprint density at radius 3 is 2.80 bits per heavy atom. The lowest BCUT2D eigenvalue weighted by molar-refractivity contribution is -0.402. The van der Waals surface area contributed by atoms with Gasteiger partial charge >= 0.3 is 5.88 Å². The molecule has 20 heavy (non-hydrogen) atoms. The molecule has 0 saturated heterocycles. The van der Waals surface area contributed by atoms with E-state index in [4.69, 9.17) is 4.42 Å². The lowest BCUT2D eigenvalue weighted by atomic mass is 10.1. The van der Waals surface area contributed by atoms with Crippen molar-refractivity contribution >= 4 is 22.6 Å². The predicted octanol–water partition coefficient (Wildman–Crippen LogP) is 3.04. The molecule has 2 heterocycles. The minimum atomic E-state index is -0.721. The van der Waals surface area contributed by atoms with Crippen molar-refractivity contribution in [3.63, 3.8) is 0 Å². The average molecular weight is 274 g/mol. The third-order valence-corrected chi connectivity index (χ3v) is 2.88. The van der Waals surface area contributed by atoms with E-state index < -0.39 is 22.4 Å². The number of carbonyl (C=O) groups excluding carboxylic acids is 1. The fraction of sp³-hybridized carbons (Fsp3) is 0. The Morgan fingerprint density at radius 1 is 1.30 bits per heavy atom. The molecule has 7 heteroatoms. The van der Waals surface area contributed by atoms with E-state index in [1.54, 1.807) is 0 Å². The van der Waals surface area contributed by atoms with Gasteiger partial charge in [0.2, 0.25) is 5.78 Å². The van der Waals surface area contributed by atoms with Gasteiger partial charge in [0, 0.05) is 17.1 Å². The maximum absolute atomic E-state index is 13.1. The Hall–Kier alpha value is -2.96. The second-order valence-corrected chi connectivity index (χ2v) is 4.12. The van der Waals surface area contributed by atoms with Gasteiger partial charge in [0.15, 0.2) is 5.76 Å². The Kier molecular flexibility index (Phi) is 2.60. The molecule has 100 valence electrons. The molecule has 0 aliphatic rings. The summed E-state index contributed by atoms with van der Waals surface area (Å²) in [4.78, 5) is 24.8. The molecule has 0 atom stereocenters. The highest BCUT2D eigenvalue weighted by Crippen LogP contribution is 2.24. The predicted molar refractivity (Wildman–Crippen MR) is 67.1 cm³/mol. The number of hydrogen-bond donors (Lipinski definition) is 1. The van der Waals surface area contributed by atoms with Gasteiger partial charge in [-0.2, -0.15) is 0 Å². The van der Waals surface area contributed by atoms with Gasteiger partial charge in [-0.3, -0.25) is 14.9 Å². The van der Waals surface area contributed by atoms with Gasteiger partial charge in [0.25, 0.3) is 0 Å². The summed E-state index contributed by atoms with van der Waals surface area (Å²) in [6.45, 7) is 0. The van der Waals surface area contributed by atoms with Crippen LogP contribution in [-0.2, 0) is 0 Å². The van der Waals surface area contributed by atoms with Crippen LogP contribution in [0.25, 0.3) is 10.9 Å². The van der Waals surface area contributed by atoms with Gasteiger partial charge in [0.05, 0.1) is 11.6 Å². The number of carbonyl (C=O) groups is 1. The zero-order chi connectivity index (χ0) is 14.3. The first kappa shape index (κ1) is 12.1. The van der Waals surface area contributed by atoms with Crippen LogP contribution in [-0.4, -0.2) is 15.7 Å². The molecule has 0 spiro atoms. The van der Waals surface area contributed by atoms with Gasteiger partial charge in [0.1, 0.15) is 10.7 Å². The monoisotopic (exact) mass is 274 g/mol. The summed E-state index contributed by atoms with van der Waals surface area (Å²) in [6.07, 6.45) is 1.42. The van der Waals surface area contributed by atoms with Crippen molar-refractivity contribution in [3.8, 4) is 0 Å². The van der Waals surface area contributed by atoms with Gasteiger partial charge in [-0.05, 0) is 24.3 Å². The maximum atomic E-state index is 13.1. The molecule has 0 aliphatic carbocycles. The highest BCUT2D eigenvalue weighted by atomic mass is 19.1. The van der Waals surface area contributed by atoms with Gasteiger partial charge in [-0.15, -0.1) is 0 Å². The number of aromatic amines is 1. The normalized spacial score (nSPS) is 10.8. The van der Waals surface area contributed by atoms with Crippen LogP contribution in [0, 0.1) is 15.9 Å². The minimum absolute atomic E-state index is 0.137. The molecule has 3 rings (SSSR count). The van der Waals surface area contributed by atoms with Crippen LogP contribution in [0.3, 0.4) is 0 Å². The Bertz CT molecular complexity index is 834. The first-order valence-electron chi connectivity index (χ1n) is 5.62. The van der Waals surface area contributed by atoms with E-state index in [2.05, 4.69) is 4.98 Å². The summed E-state index contributed by atoms with van der Waals surface area (Å²) in [5.74, 6) is -1.57. The van der Waals surface area contributed by atoms with Crippen molar-refractivity contribution in [1.29, 1.82) is 0 Å². The van der Waals surface area contributed by atoms with Gasteiger partial charge in [-0.1, -0.05) is 0 Å². The van der Waals surface area contributed by atoms with Crippen molar-refractivity contribution in [2.45, 2.75) is 0 Å². The van der Waals surface area contributed by atoms with Crippen LogP contribution in [0.1, 0.15) is 16.1 Å². The van der Waals surface area contributed by atoms with Crippen molar-refractivity contribution in [2.75, 3.05) is 0 Å². The van der Waals surface area contributed by atoms with E-state index in [1.807, 2.05) is 0 Å². The standard InChI is InChI=1S/C13H7FN2O4/c14-7-1-2-8-9(6-15-10(8)5-7)13(17)11-3-4-12(20-11)16(18)19/h1-6,15H. The number of rotatable bonds is 3. The van der Waals surface area contributed by atoms with Crippen LogP contribution in [0.2, 0.25) is 0 Å². The highest BCUT2D eigenvalue weighted by molar-refractivity contribution is 6.15. The number of fused-ring (bicyclic) bond motifs is 1. The summed E-state index contributed by atoms with van der Waals surface area (Å²) >= 11 is 0. The second-order valence-electron chi connectivity index (χ2n) is 4.12. The SMILES string of the molecule is O=C(c1ccc([N+](=O)[O-])o1)c1c[nH]c2cc(F)ccc12. The number of furan rings is 1. The molecule has 6 nitrogen and oxygen atoms in total. The van der Waals surface area contributed by atoms with Gasteiger partial charge < -0.3 is 9.40 Å². The number of hydrogen-bond acceptors (Lipinski definition) is 4. The molecular weight excluding hydrogens is 267 g/mol. The van der Waals surface area contributed by atoms with Crippen molar-refractivity contribution < 1.29 is 18.5 Å². The summed E-state index contributed by atoms with van der Waals surface area (Å²) in [5, 5.41) is 11.0. The third kappa shape index (κ3) is 1.85. The number of H-pyrrole nitrogens is 1. The van der Waals surface area contributed by atoms with Gasteiger partial charge in [-0.25, -0.2) is 4.39 Å². The number of ketones is 1. The largest absolute Gasteiger partial charge is 0.433 e. The molecule has 0 fully saturated rings. The summed E-state index contributed by atoms with van der Waals surface area (Å²) in [6, 6.07) is 6.31. The maximum Gasteiger partial charge on any atom is 0.433 e. The number of benzene rings is 1. The Balaban J connectivity index is 2.05. The van der Waals surface area contributed by atoms with E-state index >= 15 is 0 Å². The van der Waals surface area contributed by atoms with E-state index in [-0.39, 0.29) is 11.3 Å². The van der Waals surface area contributed by atoms with Crippen LogP contribution < -0.4 is 0 Å². The van der Waals surface area contributed by atoms with Crippen molar-refractivity contribution in [2.24, 2.45) is 0 Å². The molecule has 0 saturated carbocycles. The van der Waals surface area contributed by atoms with E-state index in [9.17, 15) is 19.3 Å². The highest BCUT2D eigenvalue weighted by Gasteiger charge is 2.21. The van der Waals surface area contributed by atoms with Crippen LogP contribution in [0.15, 0.2) is 40.9 Å². The first-order valence-corrected chi connectivity index (χ1v) is 5.62. The van der Waals surface area contributed by atoms with Crippen molar-refractivity contribution in [3.05, 3.63) is 63.8 Å². The topological polar surface area (TPSA) is 89.1 Å². The quantitative estimate of drug-likeness (QED) is 0.451. The van der Waals surface area contributed by atoms with E-state index in [0.717, 1.165) is 6.07 Å². The minimum Gasteiger partial charge on any atom is -0.397 e. The molecule has 0 amide bonds. The van der Waals surface area contributed by atoms with E-state index in [1.165, 1.54) is 30.5 Å². The van der Waals surface area contributed by atoms with Crippen LogP contribution in [0.4, 0.5) is 10.3 Å². The smallest absolute Gasteiger partial charge is 0.397 e. The fourth-order valence-corrected chi connectivity index (χ4v) is 1.97. The van der Waals surface area contributed by atoms with Crippen LogP contribution in [0.5, 0.6) is 0 Å². The Morgan fingerprint density at radius 2 is 2.10 bits per heavy atom. The number of nitrogens with one attached hydrogen (secondary N) is 1. The molecule has 1 aromatic carbocycles. The number of nitrogens with zero attached hydrogens (tertiary/aromatic N) is 1. The number of aromatic nitrogens is 1. The molecule has 0 aliphatic heterocycles. The molecule has 0 unspecified atom stereocenters. The average Bonchev–Trinajstić information content (AvgIpc) is 3.04. The second kappa shape index (κ2) is 4.30.